The van der Waals surface area contributed by atoms with Crippen LogP contribution in [0.1, 0.15) is 38.6 Å². The molecule has 0 N–H and O–H groups in total. The van der Waals surface area contributed by atoms with E-state index in [0.29, 0.717) is 5.56 Å². The highest BCUT2D eigenvalue weighted by atomic mass is 15.4. The Morgan fingerprint density at radius 2 is 1.82 bits per heavy atom. The van der Waals surface area contributed by atoms with Crippen LogP contribution in [0.25, 0.3) is 27.9 Å². The van der Waals surface area contributed by atoms with Crippen LogP contribution in [0.2, 0.25) is 0 Å². The Morgan fingerprint density at radius 3 is 2.49 bits per heavy atom. The van der Waals surface area contributed by atoms with Crippen LogP contribution in [0.3, 0.4) is 0 Å². The lowest BCUT2D eigenvalue weighted by atomic mass is 10.0. The minimum atomic E-state index is 0. The molecule has 0 aliphatic carbocycles. The fraction of sp³-hybridized carbons (Fsp3) is 0.310. The number of piperazine rings is 1. The van der Waals surface area contributed by atoms with Crippen molar-refractivity contribution in [1.82, 2.24) is 39.5 Å². The van der Waals surface area contributed by atoms with E-state index in [1.165, 1.54) is 0 Å². The Labute approximate surface area is 228 Å². The minimum absolute atomic E-state index is 0. The van der Waals surface area contributed by atoms with Crippen LogP contribution in [0.5, 0.6) is 0 Å². The number of nitrogens with zero attached hydrogens (tertiary/aromatic N) is 10. The van der Waals surface area contributed by atoms with E-state index < -0.39 is 0 Å². The normalized spacial score (nSPS) is 13.9. The second kappa shape index (κ2) is 11.0. The van der Waals surface area contributed by atoms with Crippen LogP contribution >= 0.6 is 0 Å². The topological polar surface area (TPSA) is 104 Å². The first-order chi connectivity index (χ1) is 18.6. The summed E-state index contributed by atoms with van der Waals surface area (Å²) in [4.78, 5) is 14.0. The molecule has 10 nitrogen and oxygen atoms in total. The zero-order valence-corrected chi connectivity index (χ0v) is 21.4. The predicted molar refractivity (Wildman–Crippen MR) is 151 cm³/mol. The number of anilines is 1. The zero-order valence-electron chi connectivity index (χ0n) is 21.4. The smallest absolute Gasteiger partial charge is 0.128 e. The summed E-state index contributed by atoms with van der Waals surface area (Å²) in [7, 11) is 0. The SMILES string of the molecule is C.CC(C)n1cc(-c2cc(-c3ccc(N4CCN(Cc5ccccn5)CC4)nc3)c3c(C#N)cnn3c2)nn1. The molecule has 0 amide bonds. The van der Waals surface area contributed by atoms with E-state index in [4.69, 9.17) is 4.98 Å². The summed E-state index contributed by atoms with van der Waals surface area (Å²) >= 11 is 0. The molecular weight excluding hydrogens is 488 g/mol. The van der Waals surface area contributed by atoms with Gasteiger partial charge in [-0.15, -0.1) is 5.10 Å². The third-order valence-corrected chi connectivity index (χ3v) is 6.93. The van der Waals surface area contributed by atoms with Gasteiger partial charge in [0, 0.05) is 74.0 Å². The molecule has 0 radical (unpaired) electrons. The standard InChI is InChI=1S/C28H28N10.CH4/c1-20(2)37-19-26(33-34-37)22-13-25(28-23(14-29)16-32-38(28)17-22)21-6-7-27(31-15-21)36-11-9-35(10-12-36)18-24-5-3-4-8-30-24;/h3-8,13,15-17,19-20H,9-12,18H2,1-2H3;1H4. The monoisotopic (exact) mass is 520 g/mol. The number of pyridine rings is 3. The Bertz CT molecular complexity index is 1590. The predicted octanol–water partition coefficient (Wildman–Crippen LogP) is 4.46. The maximum atomic E-state index is 9.72. The molecule has 5 aromatic rings. The zero-order chi connectivity index (χ0) is 26.1. The molecule has 1 aliphatic rings. The maximum absolute atomic E-state index is 9.72. The van der Waals surface area contributed by atoms with Crippen molar-refractivity contribution in [2.45, 2.75) is 33.9 Å². The number of rotatable bonds is 6. The van der Waals surface area contributed by atoms with Gasteiger partial charge in [-0.25, -0.2) is 14.2 Å². The molecule has 6 heterocycles. The molecule has 0 bridgehead atoms. The third-order valence-electron chi connectivity index (χ3n) is 6.93. The van der Waals surface area contributed by atoms with E-state index in [0.717, 1.165) is 72.1 Å². The number of hydrogen-bond acceptors (Lipinski definition) is 8. The molecule has 0 atom stereocenters. The molecular formula is C29H32N10. The molecule has 1 saturated heterocycles. The Morgan fingerprint density at radius 1 is 0.974 bits per heavy atom. The number of hydrogen-bond donors (Lipinski definition) is 0. The van der Waals surface area contributed by atoms with Crippen LogP contribution in [-0.4, -0.2) is 65.7 Å². The van der Waals surface area contributed by atoms with Crippen molar-refractivity contribution >= 4 is 11.3 Å². The Hall–Kier alpha value is -4.62. The van der Waals surface area contributed by atoms with E-state index in [9.17, 15) is 5.26 Å². The van der Waals surface area contributed by atoms with Crippen LogP contribution in [0, 0.1) is 11.3 Å². The third kappa shape index (κ3) is 5.22. The highest BCUT2D eigenvalue weighted by Gasteiger charge is 2.20. The molecule has 1 fully saturated rings. The molecule has 0 aromatic carbocycles. The average molecular weight is 521 g/mol. The molecule has 1 aliphatic heterocycles. The van der Waals surface area contributed by atoms with Crippen molar-refractivity contribution < 1.29 is 0 Å². The van der Waals surface area contributed by atoms with Crippen LogP contribution in [0.4, 0.5) is 5.82 Å². The fourth-order valence-electron chi connectivity index (χ4n) is 4.81. The van der Waals surface area contributed by atoms with Gasteiger partial charge < -0.3 is 4.90 Å². The highest BCUT2D eigenvalue weighted by molar-refractivity contribution is 5.87. The summed E-state index contributed by atoms with van der Waals surface area (Å²) in [5.41, 5.74) is 5.80. The van der Waals surface area contributed by atoms with E-state index in [2.05, 4.69) is 68.3 Å². The van der Waals surface area contributed by atoms with Gasteiger partial charge in [-0.3, -0.25) is 9.88 Å². The lowest BCUT2D eigenvalue weighted by Crippen LogP contribution is -2.46. The van der Waals surface area contributed by atoms with E-state index in [1.807, 2.05) is 47.7 Å². The van der Waals surface area contributed by atoms with Crippen LogP contribution in [0.15, 0.2) is 67.4 Å². The van der Waals surface area contributed by atoms with Gasteiger partial charge in [-0.2, -0.15) is 10.4 Å². The molecule has 39 heavy (non-hydrogen) atoms. The van der Waals surface area contributed by atoms with E-state index >= 15 is 0 Å². The molecule has 198 valence electrons. The largest absolute Gasteiger partial charge is 0.354 e. The van der Waals surface area contributed by atoms with Gasteiger partial charge in [0.25, 0.3) is 0 Å². The molecule has 0 spiro atoms. The van der Waals surface area contributed by atoms with Gasteiger partial charge in [0.2, 0.25) is 0 Å². The van der Waals surface area contributed by atoms with E-state index in [-0.39, 0.29) is 13.5 Å². The van der Waals surface area contributed by atoms with Crippen molar-refractivity contribution in [1.29, 1.82) is 5.26 Å². The lowest BCUT2D eigenvalue weighted by Gasteiger charge is -2.35. The van der Waals surface area contributed by atoms with Crippen molar-refractivity contribution in [3.05, 3.63) is 78.6 Å². The van der Waals surface area contributed by atoms with Gasteiger partial charge in [0.05, 0.1) is 29.2 Å². The molecule has 0 saturated carbocycles. The van der Waals surface area contributed by atoms with Gasteiger partial charge in [0.15, 0.2) is 0 Å². The average Bonchev–Trinajstić information content (AvgIpc) is 3.62. The minimum Gasteiger partial charge on any atom is -0.354 e. The first kappa shape index (κ1) is 26.0. The van der Waals surface area contributed by atoms with Crippen LogP contribution < -0.4 is 4.90 Å². The molecule has 5 aromatic heterocycles. The van der Waals surface area contributed by atoms with Gasteiger partial charge >= 0.3 is 0 Å². The summed E-state index contributed by atoms with van der Waals surface area (Å²) in [6, 6.07) is 14.7. The molecule has 10 heteroatoms. The maximum Gasteiger partial charge on any atom is 0.128 e. The molecule has 0 unspecified atom stereocenters. The summed E-state index contributed by atoms with van der Waals surface area (Å²) in [5.74, 6) is 0.951. The quantitative estimate of drug-likeness (QED) is 0.323. The van der Waals surface area contributed by atoms with Gasteiger partial charge in [0.1, 0.15) is 17.6 Å². The number of aromatic nitrogens is 7. The lowest BCUT2D eigenvalue weighted by molar-refractivity contribution is 0.246. The number of fused-ring (bicyclic) bond motifs is 1. The van der Waals surface area contributed by atoms with E-state index in [1.54, 1.807) is 10.7 Å². The summed E-state index contributed by atoms with van der Waals surface area (Å²) in [6.07, 6.45) is 9.15. The fourth-order valence-corrected chi connectivity index (χ4v) is 4.81. The summed E-state index contributed by atoms with van der Waals surface area (Å²) in [6.45, 7) is 8.73. The van der Waals surface area contributed by atoms with Crippen LogP contribution in [-0.2, 0) is 6.54 Å². The van der Waals surface area contributed by atoms with Crippen molar-refractivity contribution in [3.8, 4) is 28.5 Å². The first-order valence-corrected chi connectivity index (χ1v) is 12.8. The van der Waals surface area contributed by atoms with Gasteiger partial charge in [-0.05, 0) is 44.2 Å². The van der Waals surface area contributed by atoms with Crippen molar-refractivity contribution in [2.75, 3.05) is 31.1 Å². The van der Waals surface area contributed by atoms with Gasteiger partial charge in [-0.1, -0.05) is 18.7 Å². The first-order valence-electron chi connectivity index (χ1n) is 12.8. The highest BCUT2D eigenvalue weighted by Crippen LogP contribution is 2.32. The Kier molecular flexibility index (Phi) is 7.34. The number of nitriles is 1. The van der Waals surface area contributed by atoms with Crippen molar-refractivity contribution in [3.63, 3.8) is 0 Å². The summed E-state index contributed by atoms with van der Waals surface area (Å²) < 4.78 is 3.57. The Balaban J connectivity index is 0.00000308. The molecule has 6 rings (SSSR count). The second-order valence-electron chi connectivity index (χ2n) is 9.77. The second-order valence-corrected chi connectivity index (χ2v) is 9.77. The summed E-state index contributed by atoms with van der Waals surface area (Å²) in [5, 5.41) is 22.8. The van der Waals surface area contributed by atoms with Crippen molar-refractivity contribution in [2.24, 2.45) is 0 Å².